The second-order valence-corrected chi connectivity index (χ2v) is 11.9. The summed E-state index contributed by atoms with van der Waals surface area (Å²) in [4.78, 5) is 0. The predicted octanol–water partition coefficient (Wildman–Crippen LogP) is -0.125. The van der Waals surface area contributed by atoms with Crippen LogP contribution in [-0.2, 0) is 9.47 Å². The lowest BCUT2D eigenvalue weighted by atomic mass is 9.97. The van der Waals surface area contributed by atoms with Gasteiger partial charge in [-0.25, -0.2) is 18.1 Å². The molecule has 17 heteroatoms. The average Bonchev–Trinajstić information content (AvgIpc) is 3.71. The standard InChI is InChI=1S/C28H30F2N6O8S/c29-15-5-1-3-13(7-15)17-9-35(33-31-17)21-23(39)19(11-37)43-27(25(21)41)45-28-26(42)22(24(40)20(12-38)44-28)36-10-18(32-34-36)14-4-2-6-16(30)8-14/h1-10,19-28,37-42H,11-12H2/t19-,20?,21?,22?,23?,24+,25-,26+,27+,28+/m1/s1. The van der Waals surface area contributed by atoms with Crippen LogP contribution in [0.2, 0.25) is 0 Å². The van der Waals surface area contributed by atoms with Crippen LogP contribution in [0, 0.1) is 11.6 Å². The number of thioether (sulfide) groups is 1. The fourth-order valence-corrected chi connectivity index (χ4v) is 6.84. The van der Waals surface area contributed by atoms with Gasteiger partial charge in [0, 0.05) is 11.1 Å². The van der Waals surface area contributed by atoms with Crippen molar-refractivity contribution >= 4 is 11.8 Å². The number of nitrogens with zero attached hydrogens (tertiary/aromatic N) is 6. The summed E-state index contributed by atoms with van der Waals surface area (Å²) in [7, 11) is 0. The third kappa shape index (κ3) is 6.23. The van der Waals surface area contributed by atoms with Crippen LogP contribution in [-0.4, -0.2) is 121 Å². The zero-order chi connectivity index (χ0) is 31.8. The molecule has 0 saturated carbocycles. The number of ether oxygens (including phenoxy) is 2. The van der Waals surface area contributed by atoms with Gasteiger partial charge in [-0.3, -0.25) is 0 Å². The number of halogens is 2. The Kier molecular flexibility index (Phi) is 9.23. The summed E-state index contributed by atoms with van der Waals surface area (Å²) in [6.07, 6.45) is -5.48. The summed E-state index contributed by atoms with van der Waals surface area (Å²) in [5.41, 5.74) is -1.10. The van der Waals surface area contributed by atoms with E-state index in [4.69, 9.17) is 9.47 Å². The Labute approximate surface area is 258 Å². The smallest absolute Gasteiger partial charge is 0.134 e. The zero-order valence-corrected chi connectivity index (χ0v) is 24.1. The Morgan fingerprint density at radius 3 is 1.47 bits per heavy atom. The fraction of sp³-hybridized carbons (Fsp3) is 0.429. The van der Waals surface area contributed by atoms with Crippen molar-refractivity contribution in [1.29, 1.82) is 0 Å². The molecular weight excluding hydrogens is 618 g/mol. The summed E-state index contributed by atoms with van der Waals surface area (Å²) in [5.74, 6) is -0.978. The lowest BCUT2D eigenvalue weighted by Crippen LogP contribution is -2.58. The minimum atomic E-state index is -1.51. The number of rotatable bonds is 8. The van der Waals surface area contributed by atoms with Crippen LogP contribution < -0.4 is 0 Å². The quantitative estimate of drug-likeness (QED) is 0.148. The van der Waals surface area contributed by atoms with Gasteiger partial charge in [-0.05, 0) is 24.3 Å². The number of aliphatic hydroxyl groups excluding tert-OH is 6. The molecule has 2 aliphatic rings. The number of hydrogen-bond donors (Lipinski definition) is 6. The molecule has 2 saturated heterocycles. The maximum atomic E-state index is 13.8. The topological polar surface area (TPSA) is 201 Å². The first-order valence-electron chi connectivity index (χ1n) is 13.9. The molecule has 240 valence electrons. The van der Waals surface area contributed by atoms with E-state index >= 15 is 0 Å². The molecule has 2 aromatic heterocycles. The van der Waals surface area contributed by atoms with Crippen LogP contribution in [0.1, 0.15) is 12.1 Å². The van der Waals surface area contributed by atoms with Crippen molar-refractivity contribution in [3.8, 4) is 22.5 Å². The van der Waals surface area contributed by atoms with Crippen molar-refractivity contribution in [2.45, 2.75) is 59.6 Å². The van der Waals surface area contributed by atoms with E-state index < -0.39 is 84.4 Å². The molecule has 6 N–H and O–H groups in total. The van der Waals surface area contributed by atoms with Crippen LogP contribution >= 0.6 is 11.8 Å². The molecule has 0 amide bonds. The van der Waals surface area contributed by atoms with Crippen LogP contribution in [0.4, 0.5) is 8.78 Å². The molecule has 2 fully saturated rings. The molecule has 4 aromatic rings. The summed E-state index contributed by atoms with van der Waals surface area (Å²) >= 11 is 0.796. The molecule has 2 aliphatic heterocycles. The first-order valence-corrected chi connectivity index (χ1v) is 14.9. The van der Waals surface area contributed by atoms with Gasteiger partial charge in [-0.1, -0.05) is 46.5 Å². The Morgan fingerprint density at radius 1 is 0.667 bits per heavy atom. The summed E-state index contributed by atoms with van der Waals surface area (Å²) < 4.78 is 41.5. The predicted molar refractivity (Wildman–Crippen MR) is 152 cm³/mol. The minimum Gasteiger partial charge on any atom is -0.394 e. The second kappa shape index (κ2) is 13.1. The van der Waals surface area contributed by atoms with Crippen molar-refractivity contribution in [1.82, 2.24) is 30.0 Å². The van der Waals surface area contributed by atoms with Crippen molar-refractivity contribution in [2.24, 2.45) is 0 Å². The lowest BCUT2D eigenvalue weighted by Gasteiger charge is -2.46. The first-order chi connectivity index (χ1) is 21.7. The highest BCUT2D eigenvalue weighted by Gasteiger charge is 2.51. The number of aliphatic hydroxyl groups is 6. The Morgan fingerprint density at radius 2 is 1.09 bits per heavy atom. The minimum absolute atomic E-state index is 0.268. The van der Waals surface area contributed by atoms with Crippen LogP contribution in [0.25, 0.3) is 22.5 Å². The van der Waals surface area contributed by atoms with Crippen molar-refractivity contribution < 1.29 is 48.9 Å². The van der Waals surface area contributed by atoms with Crippen LogP contribution in [0.15, 0.2) is 60.9 Å². The van der Waals surface area contributed by atoms with Gasteiger partial charge in [-0.15, -0.1) is 10.2 Å². The van der Waals surface area contributed by atoms with Gasteiger partial charge in [0.25, 0.3) is 0 Å². The number of aromatic nitrogens is 6. The van der Waals surface area contributed by atoms with E-state index in [1.807, 2.05) is 0 Å². The number of benzene rings is 2. The second-order valence-electron chi connectivity index (χ2n) is 10.7. The lowest BCUT2D eigenvalue weighted by molar-refractivity contribution is -0.189. The highest BCUT2D eigenvalue weighted by molar-refractivity contribution is 8.00. The molecule has 14 nitrogen and oxygen atoms in total. The van der Waals surface area contributed by atoms with E-state index in [2.05, 4.69) is 20.6 Å². The van der Waals surface area contributed by atoms with E-state index in [1.54, 1.807) is 12.1 Å². The molecule has 0 spiro atoms. The molecule has 4 unspecified atom stereocenters. The summed E-state index contributed by atoms with van der Waals surface area (Å²) in [6.45, 7) is -1.27. The van der Waals surface area contributed by atoms with E-state index in [0.29, 0.717) is 11.1 Å². The highest BCUT2D eigenvalue weighted by atomic mass is 32.2. The summed E-state index contributed by atoms with van der Waals surface area (Å²) in [6, 6.07) is 8.88. The highest BCUT2D eigenvalue weighted by Crippen LogP contribution is 2.42. The Balaban J connectivity index is 1.25. The van der Waals surface area contributed by atoms with Crippen LogP contribution in [0.3, 0.4) is 0 Å². The monoisotopic (exact) mass is 648 g/mol. The van der Waals surface area contributed by atoms with Crippen LogP contribution in [0.5, 0.6) is 0 Å². The molecular formula is C28H30F2N6O8S. The molecule has 10 atom stereocenters. The van der Waals surface area contributed by atoms with E-state index in [0.717, 1.165) is 11.8 Å². The maximum Gasteiger partial charge on any atom is 0.134 e. The molecule has 6 rings (SSSR count). The average molecular weight is 649 g/mol. The SMILES string of the molecule is OCC1O[C@@H](S[C@@H]2O[C@H](CO)C(O)C(n3cc(-c4cccc(F)c4)nn3)[C@H]2O)[C@@H](O)C(n2cc(-c3cccc(F)c3)nn2)[C@H]1O. The van der Waals surface area contributed by atoms with Gasteiger partial charge in [0.1, 0.15) is 82.6 Å². The largest absolute Gasteiger partial charge is 0.394 e. The van der Waals surface area contributed by atoms with Gasteiger partial charge in [0.2, 0.25) is 0 Å². The van der Waals surface area contributed by atoms with E-state index in [9.17, 15) is 39.4 Å². The first kappa shape index (κ1) is 31.6. The third-order valence-electron chi connectivity index (χ3n) is 7.84. The van der Waals surface area contributed by atoms with Crippen molar-refractivity contribution in [2.75, 3.05) is 13.2 Å². The van der Waals surface area contributed by atoms with Gasteiger partial charge in [-0.2, -0.15) is 0 Å². The third-order valence-corrected chi connectivity index (χ3v) is 9.15. The Bertz CT molecular complexity index is 1500. The molecule has 4 heterocycles. The van der Waals surface area contributed by atoms with Gasteiger partial charge >= 0.3 is 0 Å². The van der Waals surface area contributed by atoms with Gasteiger partial charge in [0.05, 0.1) is 25.6 Å². The van der Waals surface area contributed by atoms with Gasteiger partial charge in [0.15, 0.2) is 0 Å². The number of hydrogen-bond acceptors (Lipinski definition) is 13. The van der Waals surface area contributed by atoms with Crippen molar-refractivity contribution in [3.05, 3.63) is 72.6 Å². The maximum absolute atomic E-state index is 13.8. The molecule has 2 aromatic carbocycles. The fourth-order valence-electron chi connectivity index (χ4n) is 5.52. The van der Waals surface area contributed by atoms with E-state index in [-0.39, 0.29) is 11.4 Å². The van der Waals surface area contributed by atoms with Crippen molar-refractivity contribution in [3.63, 3.8) is 0 Å². The zero-order valence-electron chi connectivity index (χ0n) is 23.3. The molecule has 0 radical (unpaired) electrons. The summed E-state index contributed by atoms with van der Waals surface area (Å²) in [5, 5.41) is 80.8. The molecule has 0 aliphatic carbocycles. The Hall–Kier alpha value is -3.39. The molecule has 45 heavy (non-hydrogen) atoms. The normalized spacial score (nSPS) is 32.1. The van der Waals surface area contributed by atoms with E-state index in [1.165, 1.54) is 58.2 Å². The molecule has 0 bridgehead atoms. The van der Waals surface area contributed by atoms with Gasteiger partial charge < -0.3 is 40.1 Å².